The summed E-state index contributed by atoms with van der Waals surface area (Å²) >= 11 is 0. The van der Waals surface area contributed by atoms with Crippen LogP contribution in [0.4, 0.5) is 0 Å². The number of unbranched alkanes of at least 4 members (excludes halogenated alkanes) is 40. The molecule has 386 valence electrons. The van der Waals surface area contributed by atoms with E-state index in [1.54, 1.807) is 0 Å². The number of aliphatic hydroxyl groups excluding tert-OH is 2. The maximum Gasteiger partial charge on any atom is 0.306 e. The van der Waals surface area contributed by atoms with Crippen molar-refractivity contribution in [2.24, 2.45) is 0 Å². The number of hydrogen-bond donors (Lipinski definition) is 3. The molecule has 0 bridgehead atoms. The Morgan fingerprint density at radius 1 is 0.431 bits per heavy atom. The summed E-state index contributed by atoms with van der Waals surface area (Å²) in [6, 6.07) is -0.697. The topological polar surface area (TPSA) is 95.9 Å². The molecule has 0 saturated heterocycles. The Labute approximate surface area is 406 Å². The zero-order valence-corrected chi connectivity index (χ0v) is 44.2. The molecule has 0 aliphatic heterocycles. The molecule has 0 aromatic carbocycles. The Balaban J connectivity index is 4.47. The fourth-order valence-electron chi connectivity index (χ4n) is 9.37. The van der Waals surface area contributed by atoms with Crippen LogP contribution in [0.25, 0.3) is 0 Å². The molecule has 0 heterocycles. The van der Waals surface area contributed by atoms with Gasteiger partial charge in [-0.15, -0.1) is 0 Å². The lowest BCUT2D eigenvalue weighted by Gasteiger charge is -2.24. The SMILES string of the molecule is CCCCC/C=C\CCCCCCCC(=O)OC(CCCCCCCCCCCCCCCCCCC)CC(=O)NC(CO)C(O)CCCCCCCCCCCCCCCCCCC. The zero-order valence-electron chi connectivity index (χ0n) is 44.2. The number of aliphatic hydroxyl groups is 2. The van der Waals surface area contributed by atoms with Crippen molar-refractivity contribution in [2.45, 2.75) is 347 Å². The molecule has 0 aromatic rings. The first-order valence-electron chi connectivity index (χ1n) is 29.4. The second-order valence-electron chi connectivity index (χ2n) is 20.4. The quantitative estimate of drug-likeness (QED) is 0.0321. The third-order valence-electron chi connectivity index (χ3n) is 13.8. The number of rotatable bonds is 54. The minimum Gasteiger partial charge on any atom is -0.462 e. The van der Waals surface area contributed by atoms with Gasteiger partial charge in [0, 0.05) is 6.42 Å². The molecule has 3 unspecified atom stereocenters. The van der Waals surface area contributed by atoms with Crippen LogP contribution in [0.15, 0.2) is 12.2 Å². The molecule has 0 spiro atoms. The van der Waals surface area contributed by atoms with Gasteiger partial charge in [-0.1, -0.05) is 277 Å². The van der Waals surface area contributed by atoms with Gasteiger partial charge in [0.2, 0.25) is 5.91 Å². The summed E-state index contributed by atoms with van der Waals surface area (Å²) in [4.78, 5) is 26.2. The Morgan fingerprint density at radius 2 is 0.738 bits per heavy atom. The third kappa shape index (κ3) is 48.9. The molecule has 3 N–H and O–H groups in total. The van der Waals surface area contributed by atoms with Gasteiger partial charge in [0.15, 0.2) is 0 Å². The lowest BCUT2D eigenvalue weighted by Crippen LogP contribution is -2.46. The maximum absolute atomic E-state index is 13.3. The van der Waals surface area contributed by atoms with Gasteiger partial charge in [0.25, 0.3) is 0 Å². The van der Waals surface area contributed by atoms with E-state index < -0.39 is 18.2 Å². The van der Waals surface area contributed by atoms with E-state index in [4.69, 9.17) is 4.74 Å². The van der Waals surface area contributed by atoms with Gasteiger partial charge in [-0.05, 0) is 51.4 Å². The summed E-state index contributed by atoms with van der Waals surface area (Å²) in [5.41, 5.74) is 0. The van der Waals surface area contributed by atoms with Gasteiger partial charge in [-0.3, -0.25) is 9.59 Å². The molecule has 0 aliphatic carbocycles. The summed E-state index contributed by atoms with van der Waals surface area (Å²) in [7, 11) is 0. The van der Waals surface area contributed by atoms with Crippen LogP contribution in [-0.4, -0.2) is 46.9 Å². The largest absolute Gasteiger partial charge is 0.462 e. The van der Waals surface area contributed by atoms with Crippen LogP contribution in [0.5, 0.6) is 0 Å². The predicted molar refractivity (Wildman–Crippen MR) is 283 cm³/mol. The summed E-state index contributed by atoms with van der Waals surface area (Å²) in [5.74, 6) is -0.461. The fraction of sp³-hybridized carbons (Fsp3) is 0.932. The van der Waals surface area contributed by atoms with Crippen LogP contribution in [0.3, 0.4) is 0 Å². The molecule has 6 heteroatoms. The van der Waals surface area contributed by atoms with Crippen LogP contribution >= 0.6 is 0 Å². The Bertz CT molecular complexity index is 986. The lowest BCUT2D eigenvalue weighted by molar-refractivity contribution is -0.151. The van der Waals surface area contributed by atoms with Gasteiger partial charge in [0.1, 0.15) is 6.10 Å². The first-order chi connectivity index (χ1) is 32.0. The number of hydrogen-bond acceptors (Lipinski definition) is 5. The van der Waals surface area contributed by atoms with Gasteiger partial charge in [0.05, 0.1) is 25.2 Å². The van der Waals surface area contributed by atoms with E-state index in [0.29, 0.717) is 19.3 Å². The van der Waals surface area contributed by atoms with Gasteiger partial charge < -0.3 is 20.3 Å². The number of ether oxygens (including phenoxy) is 1. The van der Waals surface area contributed by atoms with Crippen molar-refractivity contribution in [1.82, 2.24) is 5.32 Å². The monoisotopic (exact) mass is 918 g/mol. The number of allylic oxidation sites excluding steroid dienone is 2. The molecular weight excluding hydrogens is 803 g/mol. The Morgan fingerprint density at radius 3 is 1.12 bits per heavy atom. The van der Waals surface area contributed by atoms with Crippen molar-refractivity contribution in [3.05, 3.63) is 12.2 Å². The zero-order chi connectivity index (χ0) is 47.4. The molecule has 0 aliphatic rings. The highest BCUT2D eigenvalue weighted by molar-refractivity contribution is 5.77. The standard InChI is InChI=1S/C59H115NO5/c1-4-7-10-13-16-19-22-25-27-29-31-33-35-38-41-44-47-50-55(65-59(64)52-49-46-43-40-37-24-21-18-15-12-9-6-3)53-58(63)60-56(54-61)57(62)51-48-45-42-39-36-34-32-30-28-26-23-20-17-14-11-8-5-2/h18,21,55-57,61-62H,4-17,19-20,22-54H2,1-3H3,(H,60,63)/b21-18-. The van der Waals surface area contributed by atoms with E-state index in [1.807, 2.05) is 0 Å². The van der Waals surface area contributed by atoms with Crippen LogP contribution < -0.4 is 5.32 Å². The van der Waals surface area contributed by atoms with E-state index in [0.717, 1.165) is 51.4 Å². The second-order valence-corrected chi connectivity index (χ2v) is 20.4. The average molecular weight is 919 g/mol. The van der Waals surface area contributed by atoms with Crippen LogP contribution in [0, 0.1) is 0 Å². The Hall–Kier alpha value is -1.40. The fourth-order valence-corrected chi connectivity index (χ4v) is 9.37. The van der Waals surface area contributed by atoms with E-state index in [2.05, 4.69) is 38.2 Å². The molecule has 3 atom stereocenters. The number of carbonyl (C=O) groups is 2. The number of carbonyl (C=O) groups excluding carboxylic acids is 2. The third-order valence-corrected chi connectivity index (χ3v) is 13.8. The average Bonchev–Trinajstić information content (AvgIpc) is 3.30. The minimum atomic E-state index is -0.784. The van der Waals surface area contributed by atoms with Crippen molar-refractivity contribution < 1.29 is 24.5 Å². The molecule has 0 aromatic heterocycles. The lowest BCUT2D eigenvalue weighted by atomic mass is 10.0. The highest BCUT2D eigenvalue weighted by Crippen LogP contribution is 2.19. The maximum atomic E-state index is 13.3. The van der Waals surface area contributed by atoms with Gasteiger partial charge >= 0.3 is 5.97 Å². The molecule has 1 amide bonds. The Kier molecular flexibility index (Phi) is 52.4. The minimum absolute atomic E-state index is 0.0822. The molecule has 0 radical (unpaired) electrons. The number of esters is 1. The van der Waals surface area contributed by atoms with E-state index in [1.165, 1.54) is 231 Å². The summed E-state index contributed by atoms with van der Waals surface area (Å²) in [6.45, 7) is 6.51. The van der Waals surface area contributed by atoms with E-state index in [9.17, 15) is 19.8 Å². The molecule has 0 fully saturated rings. The van der Waals surface area contributed by atoms with Crippen molar-refractivity contribution in [2.75, 3.05) is 6.61 Å². The van der Waals surface area contributed by atoms with Crippen molar-refractivity contribution >= 4 is 11.9 Å². The summed E-state index contributed by atoms with van der Waals surface area (Å²) < 4.78 is 5.96. The first kappa shape index (κ1) is 63.6. The van der Waals surface area contributed by atoms with Crippen molar-refractivity contribution in [1.29, 1.82) is 0 Å². The van der Waals surface area contributed by atoms with E-state index >= 15 is 0 Å². The molecule has 0 rings (SSSR count). The summed E-state index contributed by atoms with van der Waals surface area (Å²) in [6.07, 6.45) is 61.4. The molecule has 65 heavy (non-hydrogen) atoms. The van der Waals surface area contributed by atoms with Crippen LogP contribution in [-0.2, 0) is 14.3 Å². The molecular formula is C59H115NO5. The van der Waals surface area contributed by atoms with Crippen molar-refractivity contribution in [3.63, 3.8) is 0 Å². The predicted octanol–water partition coefficient (Wildman–Crippen LogP) is 18.1. The van der Waals surface area contributed by atoms with Gasteiger partial charge in [-0.25, -0.2) is 0 Å². The first-order valence-corrected chi connectivity index (χ1v) is 29.4. The van der Waals surface area contributed by atoms with Gasteiger partial charge in [-0.2, -0.15) is 0 Å². The highest BCUT2D eigenvalue weighted by Gasteiger charge is 2.24. The summed E-state index contributed by atoms with van der Waals surface area (Å²) in [5, 5.41) is 23.9. The van der Waals surface area contributed by atoms with E-state index in [-0.39, 0.29) is 24.9 Å². The smallest absolute Gasteiger partial charge is 0.306 e. The molecule has 6 nitrogen and oxygen atoms in total. The van der Waals surface area contributed by atoms with Crippen LogP contribution in [0.2, 0.25) is 0 Å². The van der Waals surface area contributed by atoms with Crippen LogP contribution in [0.1, 0.15) is 329 Å². The van der Waals surface area contributed by atoms with Crippen molar-refractivity contribution in [3.8, 4) is 0 Å². The number of nitrogens with one attached hydrogen (secondary N) is 1. The highest BCUT2D eigenvalue weighted by atomic mass is 16.5. The molecule has 0 saturated carbocycles. The normalized spacial score (nSPS) is 13.1. The second kappa shape index (κ2) is 53.6. The number of amides is 1.